The van der Waals surface area contributed by atoms with Crippen LogP contribution >= 0.6 is 0 Å². The molecule has 3 rings (SSSR count). The molecule has 1 fully saturated rings. The fourth-order valence-electron chi connectivity index (χ4n) is 2.11. The maximum absolute atomic E-state index is 5.77. The highest BCUT2D eigenvalue weighted by Crippen LogP contribution is 2.48. The Balaban J connectivity index is 1.81. The molecular weight excluding hydrogens is 190 g/mol. The number of benzene rings is 1. The van der Waals surface area contributed by atoms with Crippen molar-refractivity contribution in [3.63, 3.8) is 0 Å². The van der Waals surface area contributed by atoms with E-state index < -0.39 is 0 Å². The summed E-state index contributed by atoms with van der Waals surface area (Å²) in [6.45, 7) is 1.14. The van der Waals surface area contributed by atoms with Crippen LogP contribution in [0.3, 0.4) is 0 Å². The van der Waals surface area contributed by atoms with Crippen LogP contribution in [0.25, 0.3) is 0 Å². The number of rotatable bonds is 3. The van der Waals surface area contributed by atoms with Crippen molar-refractivity contribution in [3.05, 3.63) is 23.8 Å². The quantitative estimate of drug-likeness (QED) is 0.816. The summed E-state index contributed by atoms with van der Waals surface area (Å²) in [7, 11) is 0. The number of hydrogen-bond acceptors (Lipinski definition) is 3. The molecule has 1 aliphatic heterocycles. The molecule has 2 N–H and O–H groups in total. The topological polar surface area (TPSA) is 44.5 Å². The van der Waals surface area contributed by atoms with Gasteiger partial charge in [-0.25, -0.2) is 0 Å². The van der Waals surface area contributed by atoms with Crippen LogP contribution in [0.2, 0.25) is 0 Å². The lowest BCUT2D eigenvalue weighted by atomic mass is 9.96. The fraction of sp³-hybridized carbons (Fsp3) is 0.500. The van der Waals surface area contributed by atoms with Gasteiger partial charge in [-0.1, -0.05) is 6.07 Å². The van der Waals surface area contributed by atoms with Crippen LogP contribution in [0.1, 0.15) is 18.4 Å². The van der Waals surface area contributed by atoms with E-state index in [2.05, 4.69) is 12.1 Å². The Labute approximate surface area is 89.2 Å². The highest BCUT2D eigenvalue weighted by atomic mass is 16.7. The molecule has 0 amide bonds. The minimum absolute atomic E-state index is 0.348. The summed E-state index contributed by atoms with van der Waals surface area (Å²) in [4.78, 5) is 0. The lowest BCUT2D eigenvalue weighted by Crippen LogP contribution is -2.17. The predicted molar refractivity (Wildman–Crippen MR) is 57.0 cm³/mol. The van der Waals surface area contributed by atoms with Crippen LogP contribution in [-0.4, -0.2) is 13.3 Å². The fourth-order valence-corrected chi connectivity index (χ4v) is 2.11. The highest BCUT2D eigenvalue weighted by Gasteiger charge is 2.41. The molecule has 2 aliphatic rings. The van der Waals surface area contributed by atoms with Crippen molar-refractivity contribution in [1.82, 2.24) is 0 Å². The number of fused-ring (bicyclic) bond motifs is 1. The van der Waals surface area contributed by atoms with Gasteiger partial charge in [0.25, 0.3) is 0 Å². The maximum Gasteiger partial charge on any atom is 0.231 e. The largest absolute Gasteiger partial charge is 0.454 e. The van der Waals surface area contributed by atoms with Gasteiger partial charge in [0.15, 0.2) is 11.5 Å². The average molecular weight is 205 g/mol. The molecule has 1 heterocycles. The first-order valence-electron chi connectivity index (χ1n) is 5.40. The van der Waals surface area contributed by atoms with E-state index in [-0.39, 0.29) is 0 Å². The van der Waals surface area contributed by atoms with Crippen molar-refractivity contribution in [2.45, 2.75) is 19.3 Å². The summed E-state index contributed by atoms with van der Waals surface area (Å²) >= 11 is 0. The monoisotopic (exact) mass is 205 g/mol. The molecule has 1 aromatic carbocycles. The first kappa shape index (κ1) is 9.04. The van der Waals surface area contributed by atoms with Crippen molar-refractivity contribution in [3.8, 4) is 11.5 Å². The zero-order valence-electron chi connectivity index (χ0n) is 8.66. The first-order valence-corrected chi connectivity index (χ1v) is 5.40. The van der Waals surface area contributed by atoms with Crippen LogP contribution in [0.15, 0.2) is 18.2 Å². The maximum atomic E-state index is 5.77. The molecule has 0 unspecified atom stereocenters. The number of hydrogen-bond donors (Lipinski definition) is 1. The molecule has 0 radical (unpaired) electrons. The summed E-state index contributed by atoms with van der Waals surface area (Å²) in [6.07, 6.45) is 3.59. The molecular formula is C12H15NO2. The SMILES string of the molecule is NCC1(Cc2ccc3c(c2)OCO3)CC1. The molecule has 1 aliphatic carbocycles. The Morgan fingerprint density at radius 3 is 2.73 bits per heavy atom. The first-order chi connectivity index (χ1) is 7.31. The van der Waals surface area contributed by atoms with E-state index in [0.29, 0.717) is 12.2 Å². The average Bonchev–Trinajstić information content (AvgIpc) is 2.88. The molecule has 80 valence electrons. The third-order valence-electron chi connectivity index (χ3n) is 3.41. The van der Waals surface area contributed by atoms with Gasteiger partial charge in [-0.15, -0.1) is 0 Å². The molecule has 3 heteroatoms. The lowest BCUT2D eigenvalue weighted by Gasteiger charge is -2.12. The van der Waals surface area contributed by atoms with Crippen molar-refractivity contribution in [1.29, 1.82) is 0 Å². The van der Waals surface area contributed by atoms with Crippen molar-refractivity contribution in [2.75, 3.05) is 13.3 Å². The van der Waals surface area contributed by atoms with E-state index >= 15 is 0 Å². The lowest BCUT2D eigenvalue weighted by molar-refractivity contribution is 0.174. The van der Waals surface area contributed by atoms with E-state index in [0.717, 1.165) is 24.5 Å². The van der Waals surface area contributed by atoms with E-state index in [9.17, 15) is 0 Å². The van der Waals surface area contributed by atoms with Gasteiger partial charge in [-0.05, 0) is 48.9 Å². The summed E-state index contributed by atoms with van der Waals surface area (Å²) in [5.41, 5.74) is 7.46. The Hall–Kier alpha value is -1.22. The van der Waals surface area contributed by atoms with Crippen molar-refractivity contribution < 1.29 is 9.47 Å². The van der Waals surface area contributed by atoms with Crippen LogP contribution in [0, 0.1) is 5.41 Å². The zero-order valence-corrected chi connectivity index (χ0v) is 8.66. The van der Waals surface area contributed by atoms with E-state index in [4.69, 9.17) is 15.2 Å². The molecule has 0 atom stereocenters. The Morgan fingerprint density at radius 2 is 2.00 bits per heavy atom. The van der Waals surface area contributed by atoms with Crippen molar-refractivity contribution in [2.24, 2.45) is 11.1 Å². The molecule has 0 spiro atoms. The molecule has 0 aromatic heterocycles. The smallest absolute Gasteiger partial charge is 0.231 e. The highest BCUT2D eigenvalue weighted by molar-refractivity contribution is 5.44. The molecule has 3 nitrogen and oxygen atoms in total. The van der Waals surface area contributed by atoms with Gasteiger partial charge in [0.05, 0.1) is 0 Å². The Kier molecular flexibility index (Phi) is 1.89. The molecule has 15 heavy (non-hydrogen) atoms. The third-order valence-corrected chi connectivity index (χ3v) is 3.41. The predicted octanol–water partition coefficient (Wildman–Crippen LogP) is 1.70. The minimum Gasteiger partial charge on any atom is -0.454 e. The van der Waals surface area contributed by atoms with Crippen LogP contribution < -0.4 is 15.2 Å². The zero-order chi connectivity index (χ0) is 10.3. The normalized spacial score (nSPS) is 20.3. The standard InChI is InChI=1S/C12H15NO2/c13-7-12(3-4-12)6-9-1-2-10-11(5-9)15-8-14-10/h1-2,5H,3-4,6-8,13H2. The summed E-state index contributed by atoms with van der Waals surface area (Å²) in [5.74, 6) is 1.73. The van der Waals surface area contributed by atoms with Gasteiger partial charge < -0.3 is 15.2 Å². The third kappa shape index (κ3) is 1.57. The van der Waals surface area contributed by atoms with E-state index in [1.54, 1.807) is 0 Å². The van der Waals surface area contributed by atoms with Crippen molar-refractivity contribution >= 4 is 0 Å². The van der Waals surface area contributed by atoms with E-state index in [1.807, 2.05) is 6.07 Å². The molecule has 1 aromatic rings. The van der Waals surface area contributed by atoms with Gasteiger partial charge in [0.1, 0.15) is 0 Å². The van der Waals surface area contributed by atoms with Gasteiger partial charge >= 0.3 is 0 Å². The Bertz CT molecular complexity index is 385. The molecule has 0 saturated heterocycles. The second-order valence-electron chi connectivity index (χ2n) is 4.57. The second-order valence-corrected chi connectivity index (χ2v) is 4.57. The van der Waals surface area contributed by atoms with E-state index in [1.165, 1.54) is 18.4 Å². The van der Waals surface area contributed by atoms with Gasteiger partial charge in [-0.3, -0.25) is 0 Å². The van der Waals surface area contributed by atoms with Gasteiger partial charge in [-0.2, -0.15) is 0 Å². The second kappa shape index (κ2) is 3.14. The summed E-state index contributed by atoms with van der Waals surface area (Å²) < 4.78 is 10.6. The van der Waals surface area contributed by atoms with Crippen LogP contribution in [0.5, 0.6) is 11.5 Å². The molecule has 1 saturated carbocycles. The van der Waals surface area contributed by atoms with Gasteiger partial charge in [0.2, 0.25) is 6.79 Å². The van der Waals surface area contributed by atoms with Crippen LogP contribution in [-0.2, 0) is 6.42 Å². The summed E-state index contributed by atoms with van der Waals surface area (Å²) in [6, 6.07) is 6.19. The Morgan fingerprint density at radius 1 is 1.20 bits per heavy atom. The number of ether oxygens (including phenoxy) is 2. The van der Waals surface area contributed by atoms with Crippen LogP contribution in [0.4, 0.5) is 0 Å². The molecule has 0 bridgehead atoms. The van der Waals surface area contributed by atoms with Gasteiger partial charge in [0, 0.05) is 0 Å². The number of nitrogens with two attached hydrogens (primary N) is 1. The summed E-state index contributed by atoms with van der Waals surface area (Å²) in [5, 5.41) is 0. The minimum atomic E-state index is 0.348.